The van der Waals surface area contributed by atoms with Crippen molar-refractivity contribution in [2.24, 2.45) is 0 Å². The maximum atomic E-state index is 12.6. The van der Waals surface area contributed by atoms with Crippen LogP contribution < -0.4 is 0 Å². The molecule has 0 saturated heterocycles. The summed E-state index contributed by atoms with van der Waals surface area (Å²) in [5, 5.41) is 0. The van der Waals surface area contributed by atoms with Crippen molar-refractivity contribution in [2.45, 2.75) is 142 Å². The lowest BCUT2D eigenvalue weighted by molar-refractivity contribution is -0.870. The molecular weight excluding hydrogens is 649 g/mol. The number of carbonyl (C=O) groups is 1. The Labute approximate surface area is 307 Å². The molecule has 0 aromatic rings. The summed E-state index contributed by atoms with van der Waals surface area (Å²) in [6.45, 7) is 5.36. The van der Waals surface area contributed by atoms with E-state index in [1.165, 1.54) is 32.1 Å². The number of quaternary nitrogens is 1. The summed E-state index contributed by atoms with van der Waals surface area (Å²) >= 11 is 0. The minimum atomic E-state index is -4.28. The number of likely N-dealkylation sites (N-methyl/N-ethyl adjacent to an activating group) is 1. The Morgan fingerprint density at radius 1 is 0.640 bits per heavy atom. The third-order valence-electron chi connectivity index (χ3n) is 7.81. The van der Waals surface area contributed by atoms with E-state index in [9.17, 15) is 14.3 Å². The molecule has 0 spiro atoms. The average Bonchev–Trinajstić information content (AvgIpc) is 3.06. The molecular formula is C41H75NO7P+. The van der Waals surface area contributed by atoms with Crippen LogP contribution in [0.2, 0.25) is 0 Å². The summed E-state index contributed by atoms with van der Waals surface area (Å²) in [7, 11) is 1.63. The Balaban J connectivity index is 4.38. The molecule has 0 aliphatic rings. The van der Waals surface area contributed by atoms with Gasteiger partial charge in [0.25, 0.3) is 0 Å². The number of esters is 1. The van der Waals surface area contributed by atoms with Crippen LogP contribution in [0.4, 0.5) is 0 Å². The number of unbranched alkanes of at least 4 members (excludes halogenated alkanes) is 11. The fraction of sp³-hybridized carbons (Fsp3) is 0.732. The van der Waals surface area contributed by atoms with E-state index >= 15 is 0 Å². The average molecular weight is 725 g/mol. The number of carbonyl (C=O) groups excluding carboxylic acids is 1. The molecule has 0 bridgehead atoms. The molecule has 0 aliphatic carbocycles. The number of phosphoric ester groups is 1. The van der Waals surface area contributed by atoms with Gasteiger partial charge in [0.15, 0.2) is 0 Å². The van der Waals surface area contributed by atoms with Crippen molar-refractivity contribution in [1.82, 2.24) is 0 Å². The molecule has 50 heavy (non-hydrogen) atoms. The zero-order valence-corrected chi connectivity index (χ0v) is 33.5. The van der Waals surface area contributed by atoms with Gasteiger partial charge in [-0.25, -0.2) is 4.57 Å². The van der Waals surface area contributed by atoms with Crippen LogP contribution in [-0.4, -0.2) is 75.6 Å². The van der Waals surface area contributed by atoms with Crippen LogP contribution in [0.25, 0.3) is 0 Å². The normalized spacial score (nSPS) is 14.6. The van der Waals surface area contributed by atoms with Gasteiger partial charge in [-0.05, 0) is 77.0 Å². The lowest BCUT2D eigenvalue weighted by Gasteiger charge is -2.24. The molecule has 2 unspecified atom stereocenters. The summed E-state index contributed by atoms with van der Waals surface area (Å²) in [6, 6.07) is 0. The second kappa shape index (κ2) is 34.3. The van der Waals surface area contributed by atoms with E-state index in [1.807, 2.05) is 21.1 Å². The van der Waals surface area contributed by atoms with E-state index in [0.29, 0.717) is 24.1 Å². The Hall–Kier alpha value is -1.80. The van der Waals surface area contributed by atoms with Crippen molar-refractivity contribution < 1.29 is 37.3 Å². The van der Waals surface area contributed by atoms with Crippen molar-refractivity contribution >= 4 is 13.8 Å². The van der Waals surface area contributed by atoms with Gasteiger partial charge in [0.1, 0.15) is 19.3 Å². The van der Waals surface area contributed by atoms with E-state index in [1.54, 1.807) is 0 Å². The number of phosphoric acid groups is 1. The maximum Gasteiger partial charge on any atom is 0.472 e. The van der Waals surface area contributed by atoms with Crippen LogP contribution in [0.15, 0.2) is 60.8 Å². The van der Waals surface area contributed by atoms with E-state index in [4.69, 9.17) is 18.5 Å². The summed E-state index contributed by atoms with van der Waals surface area (Å²) in [6.07, 6.45) is 41.1. The second-order valence-electron chi connectivity index (χ2n) is 13.9. The second-order valence-corrected chi connectivity index (χ2v) is 15.4. The zero-order valence-electron chi connectivity index (χ0n) is 32.6. The van der Waals surface area contributed by atoms with Crippen molar-refractivity contribution in [2.75, 3.05) is 54.1 Å². The highest BCUT2D eigenvalue weighted by Crippen LogP contribution is 2.43. The Bertz CT molecular complexity index is 984. The Morgan fingerprint density at radius 3 is 1.76 bits per heavy atom. The van der Waals surface area contributed by atoms with E-state index in [0.717, 1.165) is 83.5 Å². The summed E-state index contributed by atoms with van der Waals surface area (Å²) in [5.74, 6) is -0.339. The molecule has 0 heterocycles. The summed E-state index contributed by atoms with van der Waals surface area (Å²) < 4.78 is 34.8. The van der Waals surface area contributed by atoms with Crippen LogP contribution in [0.5, 0.6) is 0 Å². The highest BCUT2D eigenvalue weighted by atomic mass is 31.2. The number of nitrogens with zero attached hydrogens (tertiary/aromatic N) is 1. The highest BCUT2D eigenvalue weighted by Gasteiger charge is 2.26. The quantitative estimate of drug-likeness (QED) is 0.0229. The largest absolute Gasteiger partial charge is 0.472 e. The predicted molar refractivity (Wildman–Crippen MR) is 210 cm³/mol. The summed E-state index contributed by atoms with van der Waals surface area (Å²) in [4.78, 5) is 22.8. The Morgan fingerprint density at radius 2 is 1.16 bits per heavy atom. The molecule has 1 N–H and O–H groups in total. The monoisotopic (exact) mass is 725 g/mol. The predicted octanol–water partition coefficient (Wildman–Crippen LogP) is 11.0. The number of ether oxygens (including phenoxy) is 2. The highest BCUT2D eigenvalue weighted by molar-refractivity contribution is 7.47. The van der Waals surface area contributed by atoms with Gasteiger partial charge in [0, 0.05) is 13.0 Å². The number of hydrogen-bond acceptors (Lipinski definition) is 6. The molecule has 0 aliphatic heterocycles. The third-order valence-corrected chi connectivity index (χ3v) is 8.80. The first-order valence-electron chi connectivity index (χ1n) is 19.5. The number of hydrogen-bond donors (Lipinski definition) is 1. The van der Waals surface area contributed by atoms with Crippen molar-refractivity contribution in [3.63, 3.8) is 0 Å². The van der Waals surface area contributed by atoms with Gasteiger partial charge in [-0.15, -0.1) is 0 Å². The lowest BCUT2D eigenvalue weighted by atomic mass is 10.1. The lowest BCUT2D eigenvalue weighted by Crippen LogP contribution is -2.37. The van der Waals surface area contributed by atoms with Gasteiger partial charge in [-0.3, -0.25) is 13.8 Å². The topological polar surface area (TPSA) is 91.3 Å². The molecule has 0 saturated carbocycles. The van der Waals surface area contributed by atoms with Crippen LogP contribution in [-0.2, 0) is 27.9 Å². The minimum absolute atomic E-state index is 0.0778. The first-order valence-corrected chi connectivity index (χ1v) is 21.0. The first-order chi connectivity index (χ1) is 24.1. The van der Waals surface area contributed by atoms with Gasteiger partial charge in [0.05, 0.1) is 34.4 Å². The number of rotatable bonds is 35. The van der Waals surface area contributed by atoms with Gasteiger partial charge < -0.3 is 18.9 Å². The molecule has 0 aromatic carbocycles. The molecule has 0 fully saturated rings. The van der Waals surface area contributed by atoms with Crippen LogP contribution in [0.3, 0.4) is 0 Å². The molecule has 0 aromatic heterocycles. The maximum absolute atomic E-state index is 12.6. The van der Waals surface area contributed by atoms with Crippen LogP contribution in [0, 0.1) is 0 Å². The van der Waals surface area contributed by atoms with Crippen LogP contribution in [0.1, 0.15) is 136 Å². The van der Waals surface area contributed by atoms with E-state index < -0.39 is 13.9 Å². The third kappa shape index (κ3) is 37.5. The molecule has 0 radical (unpaired) electrons. The molecule has 290 valence electrons. The summed E-state index contributed by atoms with van der Waals surface area (Å²) in [5.41, 5.74) is 0. The Kier molecular flexibility index (Phi) is 33.1. The fourth-order valence-electron chi connectivity index (χ4n) is 4.77. The van der Waals surface area contributed by atoms with Gasteiger partial charge >= 0.3 is 13.8 Å². The van der Waals surface area contributed by atoms with Crippen molar-refractivity contribution in [1.29, 1.82) is 0 Å². The number of allylic oxidation sites excluding steroid dienone is 10. The first kappa shape index (κ1) is 48.2. The van der Waals surface area contributed by atoms with Gasteiger partial charge in [0.2, 0.25) is 0 Å². The standard InChI is InChI=1S/C41H74NO7P/c1-6-8-10-12-14-16-18-20-21-22-23-25-27-29-31-33-36-46-38-40(39-48-50(44,45)47-37-35-42(3,4)5)49-41(43)34-32-30-28-26-24-19-17-15-13-11-9-7-2/h8,10,14-17,20-21,23,25,40H,6-7,9,11-13,18-19,22,24,26-39H2,1-5H3/p+1/b10-8-,16-14-,17-15-,21-20-,25-23-. The van der Waals surface area contributed by atoms with Crippen LogP contribution >= 0.6 is 7.82 Å². The molecule has 2 atom stereocenters. The van der Waals surface area contributed by atoms with Gasteiger partial charge in [-0.2, -0.15) is 0 Å². The molecule has 0 amide bonds. The fourth-order valence-corrected chi connectivity index (χ4v) is 5.51. The minimum Gasteiger partial charge on any atom is -0.457 e. The smallest absolute Gasteiger partial charge is 0.457 e. The zero-order chi connectivity index (χ0) is 37.0. The molecule has 9 heteroatoms. The SMILES string of the molecule is CC/C=C\C/C=C\C/C=C\C/C=C\CCCCCOCC(COP(=O)(O)OCC[N+](C)(C)C)OC(=O)CCCCCCC/C=C\CCCCC. The van der Waals surface area contributed by atoms with Crippen molar-refractivity contribution in [3.05, 3.63) is 60.8 Å². The molecule has 8 nitrogen and oxygen atoms in total. The van der Waals surface area contributed by atoms with Crippen molar-refractivity contribution in [3.8, 4) is 0 Å². The molecule has 0 rings (SSSR count). The van der Waals surface area contributed by atoms with E-state index in [2.05, 4.69) is 74.6 Å². The van der Waals surface area contributed by atoms with Gasteiger partial charge in [-0.1, -0.05) is 113 Å². The van der Waals surface area contributed by atoms with E-state index in [-0.39, 0.29) is 25.8 Å².